The van der Waals surface area contributed by atoms with Gasteiger partial charge in [0.1, 0.15) is 0 Å². The molecule has 0 aromatic rings. The van der Waals surface area contributed by atoms with Crippen molar-refractivity contribution in [3.8, 4) is 0 Å². The topological polar surface area (TPSA) is 0 Å². The SMILES string of the molecule is CC(C)C(C(C)C)C1CCCC2CCCCC21. The van der Waals surface area contributed by atoms with Gasteiger partial charge in [0, 0.05) is 0 Å². The Kier molecular flexibility index (Phi) is 4.55. The molecule has 2 rings (SSSR count). The minimum atomic E-state index is 0.876. The average molecular weight is 236 g/mol. The van der Waals surface area contributed by atoms with Gasteiger partial charge in [-0.3, -0.25) is 0 Å². The molecule has 100 valence electrons. The Bertz CT molecular complexity index is 218. The maximum absolute atomic E-state index is 2.46. The smallest absolute Gasteiger partial charge is 0.0337 e. The maximum atomic E-state index is 2.46. The Hall–Kier alpha value is 0. The van der Waals surface area contributed by atoms with Crippen molar-refractivity contribution < 1.29 is 0 Å². The van der Waals surface area contributed by atoms with Crippen molar-refractivity contribution in [2.75, 3.05) is 0 Å². The molecule has 0 aromatic carbocycles. The molecule has 0 nitrogen and oxygen atoms in total. The molecular weight excluding hydrogens is 204 g/mol. The quantitative estimate of drug-likeness (QED) is 0.605. The molecule has 0 spiro atoms. The van der Waals surface area contributed by atoms with Crippen molar-refractivity contribution >= 4 is 0 Å². The third-order valence-electron chi connectivity index (χ3n) is 5.66. The van der Waals surface area contributed by atoms with E-state index in [0.717, 1.165) is 35.5 Å². The van der Waals surface area contributed by atoms with Crippen LogP contribution in [-0.2, 0) is 0 Å². The van der Waals surface area contributed by atoms with Gasteiger partial charge in [-0.2, -0.15) is 0 Å². The van der Waals surface area contributed by atoms with Gasteiger partial charge in [-0.05, 0) is 48.3 Å². The Labute approximate surface area is 109 Å². The van der Waals surface area contributed by atoms with Crippen LogP contribution < -0.4 is 0 Å². The van der Waals surface area contributed by atoms with Crippen LogP contribution in [0.2, 0.25) is 0 Å². The second kappa shape index (κ2) is 5.76. The van der Waals surface area contributed by atoms with Crippen LogP contribution in [-0.4, -0.2) is 0 Å². The molecule has 0 amide bonds. The molecule has 2 aliphatic carbocycles. The van der Waals surface area contributed by atoms with Gasteiger partial charge < -0.3 is 0 Å². The highest BCUT2D eigenvalue weighted by Gasteiger charge is 2.40. The van der Waals surface area contributed by atoms with Gasteiger partial charge in [0.05, 0.1) is 0 Å². The van der Waals surface area contributed by atoms with E-state index in [1.54, 1.807) is 19.3 Å². The molecule has 0 bridgehead atoms. The van der Waals surface area contributed by atoms with Gasteiger partial charge in [0.15, 0.2) is 0 Å². The lowest BCUT2D eigenvalue weighted by Crippen LogP contribution is -2.38. The summed E-state index contributed by atoms with van der Waals surface area (Å²) in [5, 5.41) is 0. The highest BCUT2D eigenvalue weighted by Crippen LogP contribution is 2.49. The minimum absolute atomic E-state index is 0.876. The zero-order valence-corrected chi connectivity index (χ0v) is 12.4. The largest absolute Gasteiger partial charge is 0.0625 e. The van der Waals surface area contributed by atoms with Gasteiger partial charge >= 0.3 is 0 Å². The van der Waals surface area contributed by atoms with Gasteiger partial charge in [-0.1, -0.05) is 59.8 Å². The van der Waals surface area contributed by atoms with E-state index in [4.69, 9.17) is 0 Å². The van der Waals surface area contributed by atoms with Gasteiger partial charge in [-0.15, -0.1) is 0 Å². The average Bonchev–Trinajstić information content (AvgIpc) is 2.28. The normalized spacial score (nSPS) is 34.4. The molecular formula is C17H32. The summed E-state index contributed by atoms with van der Waals surface area (Å²) in [6, 6.07) is 0. The van der Waals surface area contributed by atoms with Crippen molar-refractivity contribution in [2.24, 2.45) is 35.5 Å². The summed E-state index contributed by atoms with van der Waals surface area (Å²) >= 11 is 0. The van der Waals surface area contributed by atoms with Crippen molar-refractivity contribution in [2.45, 2.75) is 72.6 Å². The van der Waals surface area contributed by atoms with Crippen LogP contribution in [0.15, 0.2) is 0 Å². The van der Waals surface area contributed by atoms with E-state index in [0.29, 0.717) is 0 Å². The van der Waals surface area contributed by atoms with E-state index < -0.39 is 0 Å². The summed E-state index contributed by atoms with van der Waals surface area (Å²) in [5.74, 6) is 5.96. The lowest BCUT2D eigenvalue weighted by molar-refractivity contribution is 0.0275. The minimum Gasteiger partial charge on any atom is -0.0625 e. The molecule has 17 heavy (non-hydrogen) atoms. The van der Waals surface area contributed by atoms with E-state index in [-0.39, 0.29) is 0 Å². The van der Waals surface area contributed by atoms with E-state index in [9.17, 15) is 0 Å². The summed E-state index contributed by atoms with van der Waals surface area (Å²) < 4.78 is 0. The fourth-order valence-electron chi connectivity index (χ4n) is 5.22. The van der Waals surface area contributed by atoms with Gasteiger partial charge in [0.25, 0.3) is 0 Å². The van der Waals surface area contributed by atoms with Crippen molar-refractivity contribution in [3.05, 3.63) is 0 Å². The summed E-state index contributed by atoms with van der Waals surface area (Å²) in [4.78, 5) is 0. The van der Waals surface area contributed by atoms with E-state index >= 15 is 0 Å². The van der Waals surface area contributed by atoms with Crippen LogP contribution in [0.1, 0.15) is 72.6 Å². The van der Waals surface area contributed by atoms with Crippen LogP contribution in [0.4, 0.5) is 0 Å². The summed E-state index contributed by atoms with van der Waals surface area (Å²) in [6.07, 6.45) is 10.7. The summed E-state index contributed by atoms with van der Waals surface area (Å²) in [5.41, 5.74) is 0. The zero-order valence-electron chi connectivity index (χ0n) is 12.4. The second-order valence-corrected chi connectivity index (χ2v) is 7.37. The Morgan fingerprint density at radius 3 is 1.94 bits per heavy atom. The first-order chi connectivity index (χ1) is 8.11. The fourth-order valence-corrected chi connectivity index (χ4v) is 5.22. The first-order valence-corrected chi connectivity index (χ1v) is 8.11. The van der Waals surface area contributed by atoms with Gasteiger partial charge in [-0.25, -0.2) is 0 Å². The standard InChI is InChI=1S/C17H32/c1-12(2)17(13(3)4)16-11-7-9-14-8-5-6-10-15(14)16/h12-17H,5-11H2,1-4H3. The monoisotopic (exact) mass is 236 g/mol. The van der Waals surface area contributed by atoms with Crippen LogP contribution in [0.5, 0.6) is 0 Å². The molecule has 2 fully saturated rings. The first-order valence-electron chi connectivity index (χ1n) is 8.11. The van der Waals surface area contributed by atoms with E-state index in [1.165, 1.54) is 25.7 Å². The van der Waals surface area contributed by atoms with Crippen LogP contribution >= 0.6 is 0 Å². The number of rotatable bonds is 3. The van der Waals surface area contributed by atoms with Crippen molar-refractivity contribution in [3.63, 3.8) is 0 Å². The molecule has 0 heteroatoms. The highest BCUT2D eigenvalue weighted by atomic mass is 14.5. The first kappa shape index (κ1) is 13.4. The Morgan fingerprint density at radius 1 is 0.706 bits per heavy atom. The molecule has 0 saturated heterocycles. The zero-order chi connectivity index (χ0) is 12.4. The summed E-state index contributed by atoms with van der Waals surface area (Å²) in [6.45, 7) is 9.82. The molecule has 2 aliphatic rings. The molecule has 0 aliphatic heterocycles. The maximum Gasteiger partial charge on any atom is -0.0337 e. The Morgan fingerprint density at radius 2 is 1.29 bits per heavy atom. The van der Waals surface area contributed by atoms with Gasteiger partial charge in [0.2, 0.25) is 0 Å². The third-order valence-corrected chi connectivity index (χ3v) is 5.66. The molecule has 3 atom stereocenters. The lowest BCUT2D eigenvalue weighted by atomic mass is 9.58. The number of hydrogen-bond acceptors (Lipinski definition) is 0. The molecule has 3 unspecified atom stereocenters. The fraction of sp³-hybridized carbons (Fsp3) is 1.00. The molecule has 0 aromatic heterocycles. The van der Waals surface area contributed by atoms with E-state index in [1.807, 2.05) is 0 Å². The highest BCUT2D eigenvalue weighted by molar-refractivity contribution is 4.90. The van der Waals surface area contributed by atoms with Crippen LogP contribution in [0.3, 0.4) is 0 Å². The van der Waals surface area contributed by atoms with Crippen LogP contribution in [0, 0.1) is 35.5 Å². The molecule has 0 N–H and O–H groups in total. The predicted octanol–water partition coefficient (Wildman–Crippen LogP) is 5.52. The summed E-state index contributed by atoms with van der Waals surface area (Å²) in [7, 11) is 0. The molecule has 2 saturated carbocycles. The van der Waals surface area contributed by atoms with Crippen LogP contribution in [0.25, 0.3) is 0 Å². The second-order valence-electron chi connectivity index (χ2n) is 7.37. The molecule has 0 radical (unpaired) electrons. The third kappa shape index (κ3) is 2.88. The number of hydrogen-bond donors (Lipinski definition) is 0. The Balaban J connectivity index is 2.11. The van der Waals surface area contributed by atoms with Crippen molar-refractivity contribution in [1.29, 1.82) is 0 Å². The van der Waals surface area contributed by atoms with E-state index in [2.05, 4.69) is 27.7 Å². The number of fused-ring (bicyclic) bond motifs is 1. The molecule has 0 heterocycles. The lowest BCUT2D eigenvalue weighted by Gasteiger charge is -2.47. The predicted molar refractivity (Wildman–Crippen MR) is 76.0 cm³/mol. The van der Waals surface area contributed by atoms with Crippen molar-refractivity contribution in [1.82, 2.24) is 0 Å².